The van der Waals surface area contributed by atoms with Crippen molar-refractivity contribution in [2.45, 2.75) is 161 Å². The number of hydrogen-bond donors (Lipinski definition) is 0. The van der Waals surface area contributed by atoms with Crippen LogP contribution in [0, 0.1) is 6.92 Å². The molecule has 0 unspecified atom stereocenters. The number of anilines is 6. The molecule has 13 rings (SSSR count). The summed E-state index contributed by atoms with van der Waals surface area (Å²) in [5, 5.41) is 4.09. The largest absolute Gasteiger partial charge is 0.311 e. The van der Waals surface area contributed by atoms with E-state index in [1.54, 1.807) is 5.56 Å². The van der Waals surface area contributed by atoms with Gasteiger partial charge in [0.05, 0.1) is 5.69 Å². The van der Waals surface area contributed by atoms with Gasteiger partial charge in [0, 0.05) is 63.5 Å². The molecule has 0 atom stereocenters. The molecule has 6 aromatic carbocycles. The highest BCUT2D eigenvalue weighted by Crippen LogP contribution is 2.56. The fourth-order valence-electron chi connectivity index (χ4n) is 13.9. The first kappa shape index (κ1) is 43.2. The van der Waals surface area contributed by atoms with Crippen molar-refractivity contribution in [3.63, 3.8) is 0 Å². The molecular formula is C63H67BN2S2. The molecule has 0 bridgehead atoms. The summed E-state index contributed by atoms with van der Waals surface area (Å²) in [7, 11) is 0. The summed E-state index contributed by atoms with van der Waals surface area (Å²) >= 11 is 3.99. The third-order valence-corrected chi connectivity index (χ3v) is 20.8. The highest BCUT2D eigenvalue weighted by atomic mass is 32.1. The Bertz CT molecular complexity index is 3520. The van der Waals surface area contributed by atoms with Crippen LogP contribution in [0.25, 0.3) is 30.3 Å². The zero-order valence-electron chi connectivity index (χ0n) is 42.8. The number of hydrogen-bond acceptors (Lipinski definition) is 4. The Balaban J connectivity index is 1.16. The van der Waals surface area contributed by atoms with Crippen LogP contribution < -0.4 is 25.5 Å². The van der Waals surface area contributed by atoms with Crippen LogP contribution >= 0.6 is 22.7 Å². The third-order valence-electron chi connectivity index (χ3n) is 18.5. The van der Waals surface area contributed by atoms with Crippen LogP contribution in [0.2, 0.25) is 0 Å². The molecule has 5 aliphatic rings. The van der Waals surface area contributed by atoms with E-state index in [9.17, 15) is 0 Å². The Labute approximate surface area is 413 Å². The zero-order chi connectivity index (χ0) is 47.4. The predicted octanol–water partition coefficient (Wildman–Crippen LogP) is 16.7. The van der Waals surface area contributed by atoms with Gasteiger partial charge in [-0.15, -0.1) is 22.7 Å². The van der Waals surface area contributed by atoms with Gasteiger partial charge in [-0.1, -0.05) is 113 Å². The second kappa shape index (κ2) is 13.7. The number of aryl methyl sites for hydroxylation is 1. The van der Waals surface area contributed by atoms with Crippen LogP contribution in [0.1, 0.15) is 161 Å². The second-order valence-electron chi connectivity index (χ2n) is 25.8. The van der Waals surface area contributed by atoms with E-state index in [0.29, 0.717) is 0 Å². The number of rotatable bonds is 2. The molecule has 3 aliphatic carbocycles. The SMILES string of the molecule is Cc1cc2c3c(c1)N(c1ccc4sc5ccccc5c4c1)c1c(sc4cc5c(cc14)C(C)(C)CCC5(C)C)B3c1cc3c(cc1N2c1ccc2c(c1)C(C)(C)CCC2(C)C)C(C)(C)CCC3(C)C. The first-order valence-corrected chi connectivity index (χ1v) is 27.3. The van der Waals surface area contributed by atoms with Gasteiger partial charge >= 0.3 is 0 Å². The highest BCUT2D eigenvalue weighted by Gasteiger charge is 2.49. The zero-order valence-corrected chi connectivity index (χ0v) is 44.4. The van der Waals surface area contributed by atoms with Crippen molar-refractivity contribution in [1.82, 2.24) is 0 Å². The Morgan fingerprint density at radius 2 is 0.926 bits per heavy atom. The first-order valence-electron chi connectivity index (χ1n) is 25.7. The molecule has 0 amide bonds. The maximum atomic E-state index is 2.73. The molecule has 2 aliphatic heterocycles. The van der Waals surface area contributed by atoms with E-state index in [-0.39, 0.29) is 39.2 Å². The Morgan fingerprint density at radius 1 is 0.412 bits per heavy atom. The Morgan fingerprint density at radius 3 is 1.59 bits per heavy atom. The van der Waals surface area contributed by atoms with Crippen LogP contribution in [-0.4, -0.2) is 6.71 Å². The fourth-order valence-corrected chi connectivity index (χ4v) is 16.3. The monoisotopic (exact) mass is 926 g/mol. The topological polar surface area (TPSA) is 6.48 Å². The van der Waals surface area contributed by atoms with Crippen molar-refractivity contribution in [3.05, 3.63) is 136 Å². The minimum Gasteiger partial charge on any atom is -0.311 e. The number of fused-ring (bicyclic) bond motifs is 12. The molecule has 2 nitrogen and oxygen atoms in total. The molecule has 0 saturated carbocycles. The van der Waals surface area contributed by atoms with Gasteiger partial charge in [0.25, 0.3) is 6.71 Å². The van der Waals surface area contributed by atoms with E-state index < -0.39 is 0 Å². The van der Waals surface area contributed by atoms with Crippen molar-refractivity contribution < 1.29 is 0 Å². The summed E-state index contributed by atoms with van der Waals surface area (Å²) in [5.74, 6) is 0. The molecule has 0 fully saturated rings. The van der Waals surface area contributed by atoms with E-state index in [0.717, 1.165) is 0 Å². The number of benzene rings is 6. The molecular weight excluding hydrogens is 860 g/mol. The van der Waals surface area contributed by atoms with Crippen molar-refractivity contribution in [2.24, 2.45) is 0 Å². The third kappa shape index (κ3) is 5.93. The molecule has 0 spiro atoms. The molecule has 68 heavy (non-hydrogen) atoms. The molecule has 0 N–H and O–H groups in total. The fraction of sp³-hybridized carbons (Fsp3) is 0.397. The van der Waals surface area contributed by atoms with Crippen molar-refractivity contribution in [3.8, 4) is 0 Å². The average molecular weight is 927 g/mol. The highest BCUT2D eigenvalue weighted by molar-refractivity contribution is 7.33. The second-order valence-corrected chi connectivity index (χ2v) is 28.0. The van der Waals surface area contributed by atoms with Gasteiger partial charge in [-0.2, -0.15) is 0 Å². The van der Waals surface area contributed by atoms with Crippen molar-refractivity contribution in [2.75, 3.05) is 9.80 Å². The van der Waals surface area contributed by atoms with Crippen LogP contribution in [0.4, 0.5) is 34.1 Å². The van der Waals surface area contributed by atoms with E-state index >= 15 is 0 Å². The van der Waals surface area contributed by atoms with Crippen LogP contribution in [0.5, 0.6) is 0 Å². The molecule has 0 saturated heterocycles. The molecule has 5 heteroatoms. The van der Waals surface area contributed by atoms with Crippen molar-refractivity contribution >= 4 is 109 Å². The Kier molecular flexibility index (Phi) is 8.72. The quantitative estimate of drug-likeness (QED) is 0.159. The lowest BCUT2D eigenvalue weighted by molar-refractivity contribution is 0.332. The summed E-state index contributed by atoms with van der Waals surface area (Å²) in [4.78, 5) is 5.45. The lowest BCUT2D eigenvalue weighted by Crippen LogP contribution is -2.61. The molecule has 0 radical (unpaired) electrons. The van der Waals surface area contributed by atoms with Gasteiger partial charge in [-0.25, -0.2) is 0 Å². The lowest BCUT2D eigenvalue weighted by atomic mass is 9.35. The summed E-state index contributed by atoms with van der Waals surface area (Å²) in [6, 6.07) is 39.7. The number of thiophene rings is 2. The van der Waals surface area contributed by atoms with E-state index in [2.05, 4.69) is 208 Å². The van der Waals surface area contributed by atoms with Crippen LogP contribution in [0.3, 0.4) is 0 Å². The van der Waals surface area contributed by atoms with E-state index in [1.807, 2.05) is 11.3 Å². The summed E-state index contributed by atoms with van der Waals surface area (Å²) in [6.07, 6.45) is 7.18. The lowest BCUT2D eigenvalue weighted by Gasteiger charge is -2.47. The standard InChI is InChI=1S/C63H67BN2S2/c1-36-28-50-55-51(29-36)66(37-19-21-53-40(30-37)39-16-14-15-17-52(39)67-53)56-41-32-44-47(63(12,13)27-24-60(44,6)7)35-54(41)68-57(56)64(55)48-33-45-46(62(10,11)26-25-61(45,8)9)34-49(48)65(50)38-18-20-42-43(31-38)59(4,5)23-22-58(42,2)3/h14-21,28-35H,22-27H2,1-13H3. The van der Waals surface area contributed by atoms with Crippen LogP contribution in [0.15, 0.2) is 97.1 Å². The first-order chi connectivity index (χ1) is 32.0. The molecule has 4 heterocycles. The number of nitrogens with zero attached hydrogens (tertiary/aromatic N) is 2. The van der Waals surface area contributed by atoms with Crippen LogP contribution in [-0.2, 0) is 32.5 Å². The minimum atomic E-state index is 0.0702. The maximum Gasteiger partial charge on any atom is 0.264 e. The maximum absolute atomic E-state index is 2.73. The van der Waals surface area contributed by atoms with E-state index in [1.165, 1.54) is 152 Å². The van der Waals surface area contributed by atoms with Crippen molar-refractivity contribution in [1.29, 1.82) is 0 Å². The van der Waals surface area contributed by atoms with Gasteiger partial charge in [0.15, 0.2) is 0 Å². The van der Waals surface area contributed by atoms with Gasteiger partial charge in [-0.3, -0.25) is 0 Å². The summed E-state index contributed by atoms with van der Waals surface area (Å²) in [5.41, 5.74) is 21.9. The summed E-state index contributed by atoms with van der Waals surface area (Å²) < 4.78 is 5.59. The van der Waals surface area contributed by atoms with E-state index in [4.69, 9.17) is 0 Å². The molecule has 8 aromatic rings. The van der Waals surface area contributed by atoms with Gasteiger partial charge in [0.2, 0.25) is 0 Å². The van der Waals surface area contributed by atoms with Gasteiger partial charge in [-0.05, 0) is 195 Å². The molecule has 344 valence electrons. The van der Waals surface area contributed by atoms with Gasteiger partial charge < -0.3 is 9.80 Å². The normalized spacial score (nSPS) is 20.7. The van der Waals surface area contributed by atoms with Gasteiger partial charge in [0.1, 0.15) is 0 Å². The predicted molar refractivity (Wildman–Crippen MR) is 299 cm³/mol. The smallest absolute Gasteiger partial charge is 0.264 e. The average Bonchev–Trinajstić information content (AvgIpc) is 3.85. The summed E-state index contributed by atoms with van der Waals surface area (Å²) in [6.45, 7) is 32.3. The molecule has 2 aromatic heterocycles. The minimum absolute atomic E-state index is 0.0702. The Hall–Kier alpha value is -4.84.